The third-order valence-electron chi connectivity index (χ3n) is 4.28. The van der Waals surface area contributed by atoms with Gasteiger partial charge in [-0.15, -0.1) is 0 Å². The van der Waals surface area contributed by atoms with Crippen LogP contribution < -0.4 is 15.5 Å². The zero-order valence-electron chi connectivity index (χ0n) is 16.5. The summed E-state index contributed by atoms with van der Waals surface area (Å²) in [5.74, 6) is -0.701. The maximum absolute atomic E-state index is 13.3. The molecule has 0 bridgehead atoms. The molecule has 3 aromatic carbocycles. The monoisotopic (exact) mass is 405 g/mol. The second kappa shape index (κ2) is 9.47. The van der Waals surface area contributed by atoms with Crippen molar-refractivity contribution in [1.82, 2.24) is 5.43 Å². The minimum absolute atomic E-state index is 0.219. The summed E-state index contributed by atoms with van der Waals surface area (Å²) >= 11 is 0. The number of carbonyl (C=O) groups excluding carboxylic acids is 2. The van der Waals surface area contributed by atoms with Crippen LogP contribution >= 0.6 is 0 Å². The number of carbonyl (C=O) groups is 2. The van der Waals surface area contributed by atoms with Crippen LogP contribution in [0.25, 0.3) is 0 Å². The first-order chi connectivity index (χ1) is 14.5. The lowest BCUT2D eigenvalue weighted by atomic mass is 10.1. The second-order valence-electron chi connectivity index (χ2n) is 6.42. The highest BCUT2D eigenvalue weighted by Gasteiger charge is 2.09. The van der Waals surface area contributed by atoms with Gasteiger partial charge in [-0.3, -0.25) is 9.59 Å². The van der Waals surface area contributed by atoms with Crippen molar-refractivity contribution in [2.45, 2.75) is 6.92 Å². The van der Waals surface area contributed by atoms with Crippen molar-refractivity contribution in [2.75, 3.05) is 12.4 Å². The summed E-state index contributed by atoms with van der Waals surface area (Å²) < 4.78 is 18.4. The third kappa shape index (κ3) is 5.29. The Morgan fingerprint density at radius 2 is 1.53 bits per heavy atom. The largest absolute Gasteiger partial charge is 0.497 e. The molecular weight excluding hydrogens is 385 g/mol. The van der Waals surface area contributed by atoms with Crippen molar-refractivity contribution >= 4 is 23.2 Å². The molecular formula is C23H20FN3O3. The van der Waals surface area contributed by atoms with Crippen LogP contribution in [0.4, 0.5) is 10.1 Å². The second-order valence-corrected chi connectivity index (χ2v) is 6.42. The Kier molecular flexibility index (Phi) is 6.54. The van der Waals surface area contributed by atoms with Crippen LogP contribution in [0, 0.1) is 5.82 Å². The maximum atomic E-state index is 13.3. The van der Waals surface area contributed by atoms with Gasteiger partial charge in [0.15, 0.2) is 0 Å². The van der Waals surface area contributed by atoms with Crippen LogP contribution in [0.5, 0.6) is 5.75 Å². The molecule has 6 nitrogen and oxygen atoms in total. The van der Waals surface area contributed by atoms with Crippen LogP contribution in [-0.2, 0) is 0 Å². The molecule has 3 rings (SSSR count). The molecule has 0 saturated carbocycles. The first kappa shape index (κ1) is 20.7. The predicted molar refractivity (Wildman–Crippen MR) is 113 cm³/mol. The number of nitrogens with one attached hydrogen (secondary N) is 2. The average Bonchev–Trinajstić information content (AvgIpc) is 2.77. The number of amides is 2. The van der Waals surface area contributed by atoms with E-state index < -0.39 is 11.7 Å². The van der Waals surface area contributed by atoms with Gasteiger partial charge in [0.2, 0.25) is 0 Å². The molecule has 0 aromatic heterocycles. The van der Waals surface area contributed by atoms with E-state index in [0.29, 0.717) is 28.3 Å². The van der Waals surface area contributed by atoms with Gasteiger partial charge < -0.3 is 10.1 Å². The zero-order chi connectivity index (χ0) is 21.5. The van der Waals surface area contributed by atoms with Crippen molar-refractivity contribution in [3.8, 4) is 5.75 Å². The third-order valence-corrected chi connectivity index (χ3v) is 4.28. The molecule has 0 radical (unpaired) electrons. The van der Waals surface area contributed by atoms with Gasteiger partial charge in [-0.1, -0.05) is 24.3 Å². The summed E-state index contributed by atoms with van der Waals surface area (Å²) in [6.07, 6.45) is 0. The number of nitrogens with zero attached hydrogens (tertiary/aromatic N) is 1. The first-order valence-electron chi connectivity index (χ1n) is 9.12. The van der Waals surface area contributed by atoms with E-state index in [1.807, 2.05) is 0 Å². The quantitative estimate of drug-likeness (QED) is 0.476. The standard InChI is InChI=1S/C23H20FN3O3/c1-15(26-27-23(29)18-8-5-11-21(14-18)30-2)16-6-4-10-20(13-16)25-22(28)17-7-3-9-19(24)12-17/h3-14H,1-2H3,(H,25,28)(H,27,29). The van der Waals surface area contributed by atoms with E-state index in [0.717, 1.165) is 0 Å². The molecule has 30 heavy (non-hydrogen) atoms. The Bertz CT molecular complexity index is 1110. The van der Waals surface area contributed by atoms with E-state index in [1.165, 1.54) is 31.4 Å². The number of anilines is 1. The van der Waals surface area contributed by atoms with Gasteiger partial charge in [-0.05, 0) is 61.0 Å². The lowest BCUT2D eigenvalue weighted by Crippen LogP contribution is -2.19. The molecule has 3 aromatic rings. The fourth-order valence-corrected chi connectivity index (χ4v) is 2.68. The van der Waals surface area contributed by atoms with Crippen LogP contribution in [-0.4, -0.2) is 24.6 Å². The van der Waals surface area contributed by atoms with Crippen molar-refractivity contribution in [2.24, 2.45) is 5.10 Å². The fourth-order valence-electron chi connectivity index (χ4n) is 2.68. The van der Waals surface area contributed by atoms with E-state index in [-0.39, 0.29) is 11.5 Å². The SMILES string of the molecule is COc1cccc(C(=O)NN=C(C)c2cccc(NC(=O)c3cccc(F)c3)c2)c1. The van der Waals surface area contributed by atoms with Crippen molar-refractivity contribution in [1.29, 1.82) is 0 Å². The van der Waals surface area contributed by atoms with Gasteiger partial charge in [-0.2, -0.15) is 5.10 Å². The fraction of sp³-hybridized carbons (Fsp3) is 0.0870. The molecule has 0 unspecified atom stereocenters. The highest BCUT2D eigenvalue weighted by Crippen LogP contribution is 2.15. The predicted octanol–water partition coefficient (Wildman–Crippen LogP) is 4.24. The van der Waals surface area contributed by atoms with E-state index >= 15 is 0 Å². The van der Waals surface area contributed by atoms with Gasteiger partial charge in [0, 0.05) is 16.8 Å². The summed E-state index contributed by atoms with van der Waals surface area (Å²) in [6, 6.07) is 19.2. The summed E-state index contributed by atoms with van der Waals surface area (Å²) in [4.78, 5) is 24.6. The molecule has 0 heterocycles. The minimum atomic E-state index is -0.480. The van der Waals surface area contributed by atoms with Crippen molar-refractivity contribution in [3.05, 3.63) is 95.3 Å². The summed E-state index contributed by atoms with van der Waals surface area (Å²) in [6.45, 7) is 1.74. The average molecular weight is 405 g/mol. The van der Waals surface area contributed by atoms with Gasteiger partial charge >= 0.3 is 0 Å². The lowest BCUT2D eigenvalue weighted by molar-refractivity contribution is 0.0953. The minimum Gasteiger partial charge on any atom is -0.497 e. The van der Waals surface area contributed by atoms with Gasteiger partial charge in [-0.25, -0.2) is 9.82 Å². The first-order valence-corrected chi connectivity index (χ1v) is 9.12. The molecule has 2 amide bonds. The molecule has 7 heteroatoms. The van der Waals surface area contributed by atoms with E-state index in [1.54, 1.807) is 55.5 Å². The zero-order valence-corrected chi connectivity index (χ0v) is 16.5. The number of hydrogen-bond donors (Lipinski definition) is 2. The van der Waals surface area contributed by atoms with Gasteiger partial charge in [0.1, 0.15) is 11.6 Å². The molecule has 0 fully saturated rings. The molecule has 0 aliphatic carbocycles. The van der Waals surface area contributed by atoms with Gasteiger partial charge in [0.25, 0.3) is 11.8 Å². The highest BCUT2D eigenvalue weighted by atomic mass is 19.1. The van der Waals surface area contributed by atoms with E-state index in [9.17, 15) is 14.0 Å². The normalized spacial score (nSPS) is 11.0. The van der Waals surface area contributed by atoms with Crippen molar-refractivity contribution < 1.29 is 18.7 Å². The number of hydrazone groups is 1. The Hall–Kier alpha value is -4.00. The number of halogens is 1. The van der Waals surface area contributed by atoms with Gasteiger partial charge in [0.05, 0.1) is 12.8 Å². The van der Waals surface area contributed by atoms with E-state index in [2.05, 4.69) is 15.8 Å². The Morgan fingerprint density at radius 1 is 0.867 bits per heavy atom. The summed E-state index contributed by atoms with van der Waals surface area (Å²) in [5, 5.41) is 6.85. The van der Waals surface area contributed by atoms with Crippen LogP contribution in [0.2, 0.25) is 0 Å². The topological polar surface area (TPSA) is 79.8 Å². The lowest BCUT2D eigenvalue weighted by Gasteiger charge is -2.08. The Labute approximate surface area is 173 Å². The van der Waals surface area contributed by atoms with Crippen LogP contribution in [0.3, 0.4) is 0 Å². The van der Waals surface area contributed by atoms with Crippen molar-refractivity contribution in [3.63, 3.8) is 0 Å². The molecule has 0 saturated heterocycles. The van der Waals surface area contributed by atoms with Crippen LogP contribution in [0.1, 0.15) is 33.2 Å². The molecule has 0 spiro atoms. The molecule has 0 aliphatic heterocycles. The highest BCUT2D eigenvalue weighted by molar-refractivity contribution is 6.06. The molecule has 152 valence electrons. The number of benzene rings is 3. The molecule has 0 aliphatic rings. The van der Waals surface area contributed by atoms with E-state index in [4.69, 9.17) is 4.74 Å². The van der Waals surface area contributed by atoms with Crippen LogP contribution in [0.15, 0.2) is 77.9 Å². The summed E-state index contributed by atoms with van der Waals surface area (Å²) in [5.41, 5.74) is 4.92. The smallest absolute Gasteiger partial charge is 0.271 e. The molecule has 2 N–H and O–H groups in total. The Morgan fingerprint density at radius 3 is 2.27 bits per heavy atom. The number of rotatable bonds is 6. The number of methoxy groups -OCH3 is 1. The number of ether oxygens (including phenoxy) is 1. The maximum Gasteiger partial charge on any atom is 0.271 e. The number of hydrogen-bond acceptors (Lipinski definition) is 4. The Balaban J connectivity index is 1.69. The molecule has 0 atom stereocenters. The summed E-state index contributed by atoms with van der Waals surface area (Å²) in [7, 11) is 1.53.